The monoisotopic (exact) mass is 261 g/mol. The molecular formula is C11H11N5O3. The minimum absolute atomic E-state index is 0.0835. The summed E-state index contributed by atoms with van der Waals surface area (Å²) in [7, 11) is 1.48. The van der Waals surface area contributed by atoms with Crippen LogP contribution in [0.5, 0.6) is 5.88 Å². The molecule has 1 N–H and O–H groups in total. The summed E-state index contributed by atoms with van der Waals surface area (Å²) in [6.07, 6.45) is 1.45. The quantitative estimate of drug-likeness (QED) is 0.661. The summed E-state index contributed by atoms with van der Waals surface area (Å²) in [5.41, 5.74) is 0.527. The molecule has 19 heavy (non-hydrogen) atoms. The Hall–Kier alpha value is -2.77. The number of pyridine rings is 1. The lowest BCUT2D eigenvalue weighted by Gasteiger charge is -2.06. The molecule has 2 aromatic heterocycles. The smallest absolute Gasteiger partial charge is 0.311 e. The summed E-state index contributed by atoms with van der Waals surface area (Å²) >= 11 is 0. The molecule has 0 fully saturated rings. The molecule has 0 bridgehead atoms. The molecule has 0 aromatic carbocycles. The number of nitro groups is 1. The van der Waals surface area contributed by atoms with Gasteiger partial charge in [-0.25, -0.2) is 9.97 Å². The number of hydrogen-bond donors (Lipinski definition) is 1. The molecule has 0 atom stereocenters. The highest BCUT2D eigenvalue weighted by atomic mass is 16.6. The van der Waals surface area contributed by atoms with Crippen molar-refractivity contribution in [3.63, 3.8) is 0 Å². The highest BCUT2D eigenvalue weighted by molar-refractivity contribution is 5.61. The molecule has 8 heteroatoms. The molecular weight excluding hydrogens is 250 g/mol. The van der Waals surface area contributed by atoms with Crippen LogP contribution < -0.4 is 10.1 Å². The molecule has 8 nitrogen and oxygen atoms in total. The van der Waals surface area contributed by atoms with Crippen molar-refractivity contribution in [2.75, 3.05) is 12.4 Å². The zero-order valence-corrected chi connectivity index (χ0v) is 10.3. The van der Waals surface area contributed by atoms with Gasteiger partial charge in [0.25, 0.3) is 0 Å². The Balaban J connectivity index is 2.36. The SMILES string of the molecule is COc1cc(C)nc(Nc2ncccc2[N+](=O)[O-])n1. The Morgan fingerprint density at radius 1 is 1.42 bits per heavy atom. The molecule has 0 saturated carbocycles. The van der Waals surface area contributed by atoms with Gasteiger partial charge in [-0.3, -0.25) is 10.1 Å². The van der Waals surface area contributed by atoms with Gasteiger partial charge in [0, 0.05) is 24.0 Å². The maximum absolute atomic E-state index is 10.9. The largest absolute Gasteiger partial charge is 0.481 e. The first kappa shape index (κ1) is 12.7. The second kappa shape index (κ2) is 5.25. The minimum Gasteiger partial charge on any atom is -0.481 e. The van der Waals surface area contributed by atoms with Crippen molar-refractivity contribution in [2.45, 2.75) is 6.92 Å². The number of hydrogen-bond acceptors (Lipinski definition) is 7. The number of methoxy groups -OCH3 is 1. The predicted octanol–water partition coefficient (Wildman–Crippen LogP) is 1.84. The molecule has 0 aliphatic heterocycles. The number of anilines is 2. The van der Waals surface area contributed by atoms with Gasteiger partial charge in [0.2, 0.25) is 17.6 Å². The molecule has 98 valence electrons. The van der Waals surface area contributed by atoms with Gasteiger partial charge in [0.15, 0.2) is 0 Å². The van der Waals surface area contributed by atoms with E-state index in [-0.39, 0.29) is 17.5 Å². The van der Waals surface area contributed by atoms with Crippen LogP contribution in [0.1, 0.15) is 5.69 Å². The summed E-state index contributed by atoms with van der Waals surface area (Å²) in [4.78, 5) is 22.4. The Kier molecular flexibility index (Phi) is 3.51. The van der Waals surface area contributed by atoms with E-state index in [1.54, 1.807) is 13.0 Å². The molecule has 0 aliphatic carbocycles. The van der Waals surface area contributed by atoms with E-state index in [2.05, 4.69) is 20.3 Å². The fourth-order valence-electron chi connectivity index (χ4n) is 1.45. The molecule has 0 amide bonds. The number of rotatable bonds is 4. The molecule has 0 aliphatic rings. The van der Waals surface area contributed by atoms with Crippen LogP contribution in [0.3, 0.4) is 0 Å². The third-order valence-corrected chi connectivity index (χ3v) is 2.25. The third kappa shape index (κ3) is 2.92. The molecule has 0 unspecified atom stereocenters. The fraction of sp³-hybridized carbons (Fsp3) is 0.182. The van der Waals surface area contributed by atoms with Gasteiger partial charge in [-0.15, -0.1) is 0 Å². The van der Waals surface area contributed by atoms with Crippen LogP contribution in [0, 0.1) is 17.0 Å². The van der Waals surface area contributed by atoms with Crippen molar-refractivity contribution in [1.29, 1.82) is 0 Å². The number of ether oxygens (including phenoxy) is 1. The van der Waals surface area contributed by atoms with E-state index >= 15 is 0 Å². The van der Waals surface area contributed by atoms with Crippen molar-refractivity contribution in [2.24, 2.45) is 0 Å². The lowest BCUT2D eigenvalue weighted by molar-refractivity contribution is -0.384. The van der Waals surface area contributed by atoms with E-state index in [1.165, 1.54) is 25.4 Å². The van der Waals surface area contributed by atoms with Crippen molar-refractivity contribution < 1.29 is 9.66 Å². The van der Waals surface area contributed by atoms with Crippen LogP contribution in [0.25, 0.3) is 0 Å². The molecule has 0 radical (unpaired) electrons. The first-order valence-corrected chi connectivity index (χ1v) is 5.36. The minimum atomic E-state index is -0.525. The van der Waals surface area contributed by atoms with Crippen LogP contribution in [0.4, 0.5) is 17.5 Å². The summed E-state index contributed by atoms with van der Waals surface area (Å²) in [6.45, 7) is 1.77. The summed E-state index contributed by atoms with van der Waals surface area (Å²) in [5, 5.41) is 13.6. The van der Waals surface area contributed by atoms with Gasteiger partial charge in [-0.1, -0.05) is 0 Å². The topological polar surface area (TPSA) is 103 Å². The van der Waals surface area contributed by atoms with Gasteiger partial charge in [0.05, 0.1) is 12.0 Å². The second-order valence-electron chi connectivity index (χ2n) is 3.63. The van der Waals surface area contributed by atoms with E-state index in [9.17, 15) is 10.1 Å². The van der Waals surface area contributed by atoms with Crippen LogP contribution >= 0.6 is 0 Å². The molecule has 2 heterocycles. The number of aromatic nitrogens is 3. The van der Waals surface area contributed by atoms with Crippen molar-refractivity contribution in [3.8, 4) is 5.88 Å². The zero-order chi connectivity index (χ0) is 13.8. The maximum atomic E-state index is 10.9. The van der Waals surface area contributed by atoms with Crippen molar-refractivity contribution >= 4 is 17.5 Å². The van der Waals surface area contributed by atoms with Gasteiger partial charge in [-0.05, 0) is 13.0 Å². The zero-order valence-electron chi connectivity index (χ0n) is 10.3. The maximum Gasteiger partial charge on any atom is 0.311 e. The van der Waals surface area contributed by atoms with Crippen LogP contribution in [0.2, 0.25) is 0 Å². The van der Waals surface area contributed by atoms with E-state index in [0.29, 0.717) is 11.6 Å². The Labute approximate surface area is 108 Å². The standard InChI is InChI=1S/C11H11N5O3/c1-7-6-9(19-2)14-11(13-7)15-10-8(16(17)18)4-3-5-12-10/h3-6H,1-2H3,(H,12,13,14,15). The Bertz CT molecular complexity index is 617. The predicted molar refractivity (Wildman–Crippen MR) is 67.5 cm³/mol. The van der Waals surface area contributed by atoms with Crippen LogP contribution in [0.15, 0.2) is 24.4 Å². The van der Waals surface area contributed by atoms with E-state index < -0.39 is 4.92 Å². The molecule has 0 spiro atoms. The summed E-state index contributed by atoms with van der Waals surface area (Å²) in [6, 6.07) is 4.49. The van der Waals surface area contributed by atoms with E-state index in [0.717, 1.165) is 0 Å². The first-order chi connectivity index (χ1) is 9.10. The van der Waals surface area contributed by atoms with Gasteiger partial charge in [0.1, 0.15) is 0 Å². The van der Waals surface area contributed by atoms with E-state index in [1.807, 2.05) is 0 Å². The molecule has 2 rings (SSSR count). The van der Waals surface area contributed by atoms with Gasteiger partial charge >= 0.3 is 5.69 Å². The lowest BCUT2D eigenvalue weighted by atomic mass is 10.4. The Morgan fingerprint density at radius 2 is 2.21 bits per heavy atom. The average Bonchev–Trinajstić information content (AvgIpc) is 2.38. The summed E-state index contributed by atoms with van der Waals surface area (Å²) < 4.78 is 5.01. The Morgan fingerprint density at radius 3 is 2.89 bits per heavy atom. The van der Waals surface area contributed by atoms with Crippen LogP contribution in [-0.4, -0.2) is 27.0 Å². The fourth-order valence-corrected chi connectivity index (χ4v) is 1.45. The van der Waals surface area contributed by atoms with Crippen molar-refractivity contribution in [3.05, 3.63) is 40.2 Å². The normalized spacial score (nSPS) is 10.0. The summed E-state index contributed by atoms with van der Waals surface area (Å²) in [5.74, 6) is 0.646. The first-order valence-electron chi connectivity index (χ1n) is 5.36. The van der Waals surface area contributed by atoms with Crippen LogP contribution in [-0.2, 0) is 0 Å². The highest BCUT2D eigenvalue weighted by Crippen LogP contribution is 2.23. The van der Waals surface area contributed by atoms with E-state index in [4.69, 9.17) is 4.74 Å². The molecule has 2 aromatic rings. The lowest BCUT2D eigenvalue weighted by Crippen LogP contribution is -2.04. The number of aryl methyl sites for hydroxylation is 1. The van der Waals surface area contributed by atoms with Gasteiger partial charge in [-0.2, -0.15) is 4.98 Å². The highest BCUT2D eigenvalue weighted by Gasteiger charge is 2.15. The van der Waals surface area contributed by atoms with Gasteiger partial charge < -0.3 is 10.1 Å². The second-order valence-corrected chi connectivity index (χ2v) is 3.63. The third-order valence-electron chi connectivity index (χ3n) is 2.25. The number of nitrogens with one attached hydrogen (secondary N) is 1. The molecule has 0 saturated heterocycles. The number of nitrogens with zero attached hydrogens (tertiary/aromatic N) is 4. The average molecular weight is 261 g/mol. The van der Waals surface area contributed by atoms with Crippen molar-refractivity contribution in [1.82, 2.24) is 15.0 Å².